The Morgan fingerprint density at radius 1 is 1.10 bits per heavy atom. The Bertz CT molecular complexity index is 1100. The molecule has 2 aromatic heterocycles. The number of rotatable bonds is 4. The van der Waals surface area contributed by atoms with Gasteiger partial charge in [-0.3, -0.25) is 9.59 Å². The standard InChI is InChI=1S/C23H27N5O2/c1-15-8-10-17(11-9-15)25-20(29)14-27(3)23(30)18-13-16(2)24-22-21(18)26-19-7-5-4-6-12-28(19)22/h8-11,13H,4-7,12,14H2,1-3H3,(H,25,29). The highest BCUT2D eigenvalue weighted by Gasteiger charge is 2.23. The van der Waals surface area contributed by atoms with Gasteiger partial charge < -0.3 is 14.8 Å². The number of aryl methyl sites for hydroxylation is 4. The largest absolute Gasteiger partial charge is 0.332 e. The quantitative estimate of drug-likeness (QED) is 0.721. The van der Waals surface area contributed by atoms with Crippen molar-refractivity contribution in [1.29, 1.82) is 0 Å². The molecule has 1 N–H and O–H groups in total. The fourth-order valence-electron chi connectivity index (χ4n) is 3.91. The zero-order valence-corrected chi connectivity index (χ0v) is 17.7. The summed E-state index contributed by atoms with van der Waals surface area (Å²) in [6.45, 7) is 4.72. The van der Waals surface area contributed by atoms with E-state index in [4.69, 9.17) is 4.98 Å². The van der Waals surface area contributed by atoms with Crippen LogP contribution in [0.4, 0.5) is 5.69 Å². The predicted molar refractivity (Wildman–Crippen MR) is 117 cm³/mol. The summed E-state index contributed by atoms with van der Waals surface area (Å²) in [7, 11) is 1.64. The van der Waals surface area contributed by atoms with Crippen LogP contribution in [0.15, 0.2) is 30.3 Å². The van der Waals surface area contributed by atoms with Gasteiger partial charge >= 0.3 is 0 Å². The molecule has 7 nitrogen and oxygen atoms in total. The van der Waals surface area contributed by atoms with Crippen molar-refractivity contribution in [3.63, 3.8) is 0 Å². The molecule has 7 heteroatoms. The molecule has 0 spiro atoms. The molecule has 0 saturated heterocycles. The minimum atomic E-state index is -0.239. The predicted octanol–water partition coefficient (Wildman–Crippen LogP) is 3.49. The van der Waals surface area contributed by atoms with Crippen LogP contribution >= 0.6 is 0 Å². The number of anilines is 1. The van der Waals surface area contributed by atoms with Crippen molar-refractivity contribution in [2.24, 2.45) is 0 Å². The van der Waals surface area contributed by atoms with E-state index < -0.39 is 0 Å². The molecular weight excluding hydrogens is 378 g/mol. The summed E-state index contributed by atoms with van der Waals surface area (Å²) in [5.41, 5.74) is 4.52. The molecule has 156 valence electrons. The van der Waals surface area contributed by atoms with E-state index in [1.54, 1.807) is 13.1 Å². The van der Waals surface area contributed by atoms with Crippen LogP contribution in [-0.4, -0.2) is 44.8 Å². The first-order valence-corrected chi connectivity index (χ1v) is 10.4. The number of imidazole rings is 1. The summed E-state index contributed by atoms with van der Waals surface area (Å²) in [5.74, 6) is 0.532. The van der Waals surface area contributed by atoms with Gasteiger partial charge in [0.05, 0.1) is 12.1 Å². The Labute approximate surface area is 176 Å². The van der Waals surface area contributed by atoms with Crippen LogP contribution in [0.5, 0.6) is 0 Å². The molecule has 1 aromatic carbocycles. The number of carbonyl (C=O) groups excluding carboxylic acids is 2. The van der Waals surface area contributed by atoms with Gasteiger partial charge in [-0.25, -0.2) is 9.97 Å². The van der Waals surface area contributed by atoms with Crippen molar-refractivity contribution in [3.8, 4) is 0 Å². The number of benzene rings is 1. The van der Waals surface area contributed by atoms with Crippen LogP contribution in [0, 0.1) is 13.8 Å². The van der Waals surface area contributed by atoms with Crippen LogP contribution in [0.2, 0.25) is 0 Å². The summed E-state index contributed by atoms with van der Waals surface area (Å²) < 4.78 is 2.15. The molecule has 0 bridgehead atoms. The number of carbonyl (C=O) groups is 2. The number of amides is 2. The third-order valence-corrected chi connectivity index (χ3v) is 5.49. The zero-order chi connectivity index (χ0) is 21.3. The Kier molecular flexibility index (Phi) is 5.53. The molecule has 0 radical (unpaired) electrons. The molecule has 0 unspecified atom stereocenters. The highest BCUT2D eigenvalue weighted by Crippen LogP contribution is 2.24. The van der Waals surface area contributed by atoms with Gasteiger partial charge in [-0.2, -0.15) is 0 Å². The number of nitrogens with one attached hydrogen (secondary N) is 1. The molecule has 0 fully saturated rings. The molecule has 3 heterocycles. The summed E-state index contributed by atoms with van der Waals surface area (Å²) in [4.78, 5) is 36.5. The second-order valence-corrected chi connectivity index (χ2v) is 8.05. The number of hydrogen-bond acceptors (Lipinski definition) is 4. The first kappa shape index (κ1) is 20.1. The number of pyridine rings is 1. The fraction of sp³-hybridized carbons (Fsp3) is 0.391. The Morgan fingerprint density at radius 2 is 1.87 bits per heavy atom. The van der Waals surface area contributed by atoms with Gasteiger partial charge in [-0.15, -0.1) is 0 Å². The summed E-state index contributed by atoms with van der Waals surface area (Å²) in [6.07, 6.45) is 4.28. The average Bonchev–Trinajstić information content (AvgIpc) is 2.89. The van der Waals surface area contributed by atoms with E-state index in [1.165, 1.54) is 11.3 Å². The van der Waals surface area contributed by atoms with Crippen molar-refractivity contribution >= 4 is 28.7 Å². The van der Waals surface area contributed by atoms with E-state index in [9.17, 15) is 9.59 Å². The van der Waals surface area contributed by atoms with Gasteiger partial charge in [0.2, 0.25) is 5.91 Å². The maximum absolute atomic E-state index is 13.2. The van der Waals surface area contributed by atoms with E-state index in [2.05, 4.69) is 14.9 Å². The van der Waals surface area contributed by atoms with Crippen LogP contribution in [0.1, 0.15) is 46.7 Å². The topological polar surface area (TPSA) is 80.1 Å². The summed E-state index contributed by atoms with van der Waals surface area (Å²) in [6, 6.07) is 9.34. The number of nitrogens with zero attached hydrogens (tertiary/aromatic N) is 4. The van der Waals surface area contributed by atoms with E-state index >= 15 is 0 Å². The zero-order valence-electron chi connectivity index (χ0n) is 17.7. The minimum Gasteiger partial charge on any atom is -0.332 e. The SMILES string of the molecule is Cc1ccc(NC(=O)CN(C)C(=O)c2cc(C)nc3c2nc2n3CCCCC2)cc1. The summed E-state index contributed by atoms with van der Waals surface area (Å²) in [5, 5.41) is 2.84. The summed E-state index contributed by atoms with van der Waals surface area (Å²) >= 11 is 0. The normalized spacial score (nSPS) is 13.6. The smallest absolute Gasteiger partial charge is 0.256 e. The third kappa shape index (κ3) is 4.06. The third-order valence-electron chi connectivity index (χ3n) is 5.49. The molecule has 4 rings (SSSR count). The number of fused-ring (bicyclic) bond motifs is 3. The van der Waals surface area contributed by atoms with Gasteiger partial charge in [0.25, 0.3) is 5.91 Å². The molecular formula is C23H27N5O2. The minimum absolute atomic E-state index is 0.0386. The van der Waals surface area contributed by atoms with Crippen molar-refractivity contribution < 1.29 is 9.59 Å². The Balaban J connectivity index is 1.56. The lowest BCUT2D eigenvalue weighted by atomic mass is 10.1. The van der Waals surface area contributed by atoms with Crippen LogP contribution in [0.25, 0.3) is 11.2 Å². The monoisotopic (exact) mass is 405 g/mol. The van der Waals surface area contributed by atoms with Crippen molar-refractivity contribution in [1.82, 2.24) is 19.4 Å². The number of likely N-dealkylation sites (N-methyl/N-ethyl adjacent to an activating group) is 1. The second kappa shape index (κ2) is 8.26. The Hall–Kier alpha value is -3.22. The van der Waals surface area contributed by atoms with Crippen molar-refractivity contribution in [3.05, 3.63) is 53.0 Å². The molecule has 0 atom stereocenters. The maximum Gasteiger partial charge on any atom is 0.256 e. The lowest BCUT2D eigenvalue weighted by molar-refractivity contribution is -0.116. The first-order valence-electron chi connectivity index (χ1n) is 10.4. The first-order chi connectivity index (χ1) is 14.4. The lowest BCUT2D eigenvalue weighted by Gasteiger charge is -2.17. The second-order valence-electron chi connectivity index (χ2n) is 8.05. The maximum atomic E-state index is 13.2. The number of hydrogen-bond donors (Lipinski definition) is 1. The van der Waals surface area contributed by atoms with Gasteiger partial charge in [-0.1, -0.05) is 24.1 Å². The highest BCUT2D eigenvalue weighted by atomic mass is 16.2. The van der Waals surface area contributed by atoms with E-state index in [-0.39, 0.29) is 18.4 Å². The van der Waals surface area contributed by atoms with Crippen molar-refractivity contribution in [2.45, 2.75) is 46.1 Å². The van der Waals surface area contributed by atoms with E-state index in [0.717, 1.165) is 48.5 Å². The van der Waals surface area contributed by atoms with Gasteiger partial charge in [-0.05, 0) is 44.9 Å². The van der Waals surface area contributed by atoms with Gasteiger partial charge in [0.15, 0.2) is 5.65 Å². The van der Waals surface area contributed by atoms with Crippen LogP contribution in [0.3, 0.4) is 0 Å². The Morgan fingerprint density at radius 3 is 2.63 bits per heavy atom. The average molecular weight is 406 g/mol. The molecule has 3 aromatic rings. The molecule has 30 heavy (non-hydrogen) atoms. The number of aromatic nitrogens is 3. The van der Waals surface area contributed by atoms with Crippen LogP contribution in [-0.2, 0) is 17.8 Å². The molecule has 0 aliphatic carbocycles. The van der Waals surface area contributed by atoms with Crippen molar-refractivity contribution in [2.75, 3.05) is 18.9 Å². The molecule has 1 aliphatic rings. The molecule has 1 aliphatic heterocycles. The molecule has 2 amide bonds. The molecule has 0 saturated carbocycles. The lowest BCUT2D eigenvalue weighted by Crippen LogP contribution is -2.35. The van der Waals surface area contributed by atoms with Crippen LogP contribution < -0.4 is 5.32 Å². The van der Waals surface area contributed by atoms with Gasteiger partial charge in [0, 0.05) is 31.4 Å². The van der Waals surface area contributed by atoms with Gasteiger partial charge in [0.1, 0.15) is 11.3 Å². The fourth-order valence-corrected chi connectivity index (χ4v) is 3.91. The van der Waals surface area contributed by atoms with E-state index in [0.29, 0.717) is 16.8 Å². The van der Waals surface area contributed by atoms with E-state index in [1.807, 2.05) is 38.1 Å². The highest BCUT2D eigenvalue weighted by molar-refractivity contribution is 6.06.